The third-order valence-electron chi connectivity index (χ3n) is 6.42. The Hall–Kier alpha value is -2.33. The van der Waals surface area contributed by atoms with Gasteiger partial charge in [-0.3, -0.25) is 0 Å². The number of carbonyl (C=O) groups is 1. The predicted molar refractivity (Wildman–Crippen MR) is 126 cm³/mol. The van der Waals surface area contributed by atoms with E-state index in [1.165, 1.54) is 0 Å². The van der Waals surface area contributed by atoms with Crippen LogP contribution in [0, 0.1) is 0 Å². The number of rotatable bonds is 8. The van der Waals surface area contributed by atoms with Crippen LogP contribution in [0.1, 0.15) is 42.6 Å². The molecule has 0 saturated carbocycles. The molecule has 0 spiro atoms. The monoisotopic (exact) mass is 486 g/mol. The van der Waals surface area contributed by atoms with Crippen molar-refractivity contribution >= 4 is 5.97 Å². The Kier molecular flexibility index (Phi) is 8.89. The van der Waals surface area contributed by atoms with Crippen molar-refractivity contribution in [3.05, 3.63) is 71.8 Å². The molecule has 8 nitrogen and oxygen atoms in total. The largest absolute Gasteiger partial charge is 0.453 e. The fraction of sp³-hybridized carbons (Fsp3) is 0.519. The summed E-state index contributed by atoms with van der Waals surface area (Å²) in [7, 11) is 1.56. The lowest BCUT2D eigenvalue weighted by Gasteiger charge is -2.43. The first-order valence-corrected chi connectivity index (χ1v) is 12.0. The van der Waals surface area contributed by atoms with Crippen LogP contribution < -0.4 is 0 Å². The molecule has 8 atom stereocenters. The fourth-order valence-corrected chi connectivity index (χ4v) is 4.45. The Bertz CT molecular complexity index is 923. The number of ether oxygens (including phenoxy) is 6. The minimum atomic E-state index is -0.822. The Morgan fingerprint density at radius 3 is 2.23 bits per heavy atom. The number of benzene rings is 2. The second-order valence-corrected chi connectivity index (χ2v) is 8.98. The molecule has 190 valence electrons. The highest BCUT2D eigenvalue weighted by Crippen LogP contribution is 2.31. The lowest BCUT2D eigenvalue weighted by molar-refractivity contribution is -0.306. The van der Waals surface area contributed by atoms with Gasteiger partial charge in [-0.15, -0.1) is 0 Å². The van der Waals surface area contributed by atoms with Gasteiger partial charge in [-0.1, -0.05) is 48.5 Å². The summed E-state index contributed by atoms with van der Waals surface area (Å²) in [4.78, 5) is 12.8. The molecule has 2 heterocycles. The van der Waals surface area contributed by atoms with Crippen LogP contribution in [0.15, 0.2) is 60.7 Å². The van der Waals surface area contributed by atoms with Crippen molar-refractivity contribution in [1.29, 1.82) is 0 Å². The molecule has 0 unspecified atom stereocenters. The molecule has 0 radical (unpaired) electrons. The van der Waals surface area contributed by atoms with Crippen molar-refractivity contribution in [1.82, 2.24) is 0 Å². The molecule has 0 aliphatic carbocycles. The zero-order chi connectivity index (χ0) is 24.8. The van der Waals surface area contributed by atoms with Gasteiger partial charge in [0.2, 0.25) is 0 Å². The third-order valence-corrected chi connectivity index (χ3v) is 6.42. The van der Waals surface area contributed by atoms with E-state index < -0.39 is 55.2 Å². The average molecular weight is 487 g/mol. The van der Waals surface area contributed by atoms with Crippen LogP contribution in [0.25, 0.3) is 0 Å². The summed E-state index contributed by atoms with van der Waals surface area (Å²) in [5, 5.41) is 10.6. The third kappa shape index (κ3) is 6.67. The number of carbonyl (C=O) groups excluding carboxylic acids is 1. The first kappa shape index (κ1) is 25.8. The maximum Gasteiger partial charge on any atom is 0.338 e. The Morgan fingerprint density at radius 2 is 1.54 bits per heavy atom. The predicted octanol–water partition coefficient (Wildman–Crippen LogP) is 3.46. The maximum absolute atomic E-state index is 12.8. The molecule has 2 aliphatic heterocycles. The van der Waals surface area contributed by atoms with Crippen LogP contribution >= 0.6 is 0 Å². The summed E-state index contributed by atoms with van der Waals surface area (Å²) in [5.74, 6) is -0.435. The lowest BCUT2D eigenvalue weighted by Crippen LogP contribution is -2.54. The molecule has 2 aromatic rings. The second-order valence-electron chi connectivity index (χ2n) is 8.98. The number of hydrogen-bond donors (Lipinski definition) is 1. The molecular weight excluding hydrogens is 452 g/mol. The van der Waals surface area contributed by atoms with Crippen molar-refractivity contribution in [3.63, 3.8) is 0 Å². The molecule has 0 aromatic heterocycles. The van der Waals surface area contributed by atoms with E-state index in [0.717, 1.165) is 5.56 Å². The molecule has 8 heteroatoms. The number of aliphatic hydroxyl groups excluding tert-OH is 1. The topological polar surface area (TPSA) is 92.7 Å². The Morgan fingerprint density at radius 1 is 0.914 bits per heavy atom. The number of methoxy groups -OCH3 is 1. The molecule has 2 fully saturated rings. The standard InChI is InChI=1S/C27H34O8/c1-17-25(28)21(14-23(30-3)32-17)34-24-15-22(31-16-19-10-6-4-7-11-19)26(18(2)33-24)35-27(29)20-12-8-5-9-13-20/h4-13,17-18,21-26,28H,14-16H2,1-3H3/t17-,18-,21-,22-,23+,24+,25-,26-/m1/s1. The smallest absolute Gasteiger partial charge is 0.338 e. The normalized spacial score (nSPS) is 33.3. The maximum atomic E-state index is 12.8. The molecule has 0 amide bonds. The van der Waals surface area contributed by atoms with E-state index in [9.17, 15) is 9.90 Å². The molecule has 2 saturated heterocycles. The molecule has 1 N–H and O–H groups in total. The van der Waals surface area contributed by atoms with Crippen molar-refractivity contribution in [2.24, 2.45) is 0 Å². The number of hydrogen-bond acceptors (Lipinski definition) is 8. The summed E-state index contributed by atoms with van der Waals surface area (Å²) in [6.07, 6.45) is -3.79. The van der Waals surface area contributed by atoms with E-state index in [0.29, 0.717) is 25.0 Å². The SMILES string of the molecule is CO[C@@H]1C[C@@H](O[C@H]2C[C@@H](OCc3ccccc3)[C@H](OC(=O)c3ccccc3)[C@@H](C)O2)[C@H](O)[C@@H](C)O1. The highest BCUT2D eigenvalue weighted by molar-refractivity contribution is 5.89. The molecule has 4 rings (SSSR count). The van der Waals surface area contributed by atoms with Crippen LogP contribution in [-0.4, -0.2) is 67.4 Å². The number of esters is 1. The van der Waals surface area contributed by atoms with Gasteiger partial charge in [0.25, 0.3) is 0 Å². The molecule has 2 aliphatic rings. The minimum Gasteiger partial charge on any atom is -0.453 e. The van der Waals surface area contributed by atoms with E-state index in [4.69, 9.17) is 28.4 Å². The van der Waals surface area contributed by atoms with E-state index >= 15 is 0 Å². The number of aliphatic hydroxyl groups is 1. The van der Waals surface area contributed by atoms with E-state index in [1.807, 2.05) is 43.3 Å². The summed E-state index contributed by atoms with van der Waals surface area (Å²) >= 11 is 0. The lowest BCUT2D eigenvalue weighted by atomic mass is 10.00. The molecular formula is C27H34O8. The van der Waals surface area contributed by atoms with E-state index in [1.54, 1.807) is 38.3 Å². The van der Waals surface area contributed by atoms with Gasteiger partial charge in [-0.2, -0.15) is 0 Å². The summed E-state index contributed by atoms with van der Waals surface area (Å²) in [6, 6.07) is 18.6. The van der Waals surface area contributed by atoms with Crippen LogP contribution in [0.2, 0.25) is 0 Å². The van der Waals surface area contributed by atoms with Gasteiger partial charge in [0.1, 0.15) is 12.2 Å². The van der Waals surface area contributed by atoms with E-state index in [-0.39, 0.29) is 0 Å². The fourth-order valence-electron chi connectivity index (χ4n) is 4.45. The molecule has 35 heavy (non-hydrogen) atoms. The summed E-state index contributed by atoms with van der Waals surface area (Å²) in [6.45, 7) is 3.97. The quantitative estimate of drug-likeness (QED) is 0.567. The van der Waals surface area contributed by atoms with Gasteiger partial charge in [-0.25, -0.2) is 4.79 Å². The van der Waals surface area contributed by atoms with E-state index in [2.05, 4.69) is 0 Å². The van der Waals surface area contributed by atoms with Gasteiger partial charge in [0, 0.05) is 20.0 Å². The van der Waals surface area contributed by atoms with Crippen molar-refractivity contribution in [3.8, 4) is 0 Å². The van der Waals surface area contributed by atoms with Gasteiger partial charge in [0.05, 0.1) is 30.5 Å². The Balaban J connectivity index is 1.46. The first-order chi connectivity index (χ1) is 16.9. The first-order valence-electron chi connectivity index (χ1n) is 12.0. The highest BCUT2D eigenvalue weighted by Gasteiger charge is 2.44. The zero-order valence-corrected chi connectivity index (χ0v) is 20.3. The van der Waals surface area contributed by atoms with Crippen molar-refractivity contribution < 1.29 is 38.3 Å². The van der Waals surface area contributed by atoms with Gasteiger partial charge in [0.15, 0.2) is 18.7 Å². The summed E-state index contributed by atoms with van der Waals surface area (Å²) in [5.41, 5.74) is 1.47. The van der Waals surface area contributed by atoms with Crippen LogP contribution in [0.4, 0.5) is 0 Å². The molecule has 0 bridgehead atoms. The van der Waals surface area contributed by atoms with Gasteiger partial charge < -0.3 is 33.5 Å². The van der Waals surface area contributed by atoms with Gasteiger partial charge in [-0.05, 0) is 31.5 Å². The second kappa shape index (κ2) is 12.1. The van der Waals surface area contributed by atoms with Crippen LogP contribution in [0.5, 0.6) is 0 Å². The Labute approximate surface area is 206 Å². The molecule has 2 aromatic carbocycles. The van der Waals surface area contributed by atoms with Crippen molar-refractivity contribution in [2.45, 2.75) is 82.5 Å². The van der Waals surface area contributed by atoms with Gasteiger partial charge >= 0.3 is 5.97 Å². The van der Waals surface area contributed by atoms with Crippen LogP contribution in [0.3, 0.4) is 0 Å². The summed E-state index contributed by atoms with van der Waals surface area (Å²) < 4.78 is 35.4. The minimum absolute atomic E-state index is 0.333. The van der Waals surface area contributed by atoms with Crippen molar-refractivity contribution in [2.75, 3.05) is 7.11 Å². The average Bonchev–Trinajstić information content (AvgIpc) is 2.88. The highest BCUT2D eigenvalue weighted by atomic mass is 16.7. The van der Waals surface area contributed by atoms with Crippen LogP contribution in [-0.2, 0) is 35.0 Å². The zero-order valence-electron chi connectivity index (χ0n) is 20.3.